The average molecular weight is 453 g/mol. The highest BCUT2D eigenvalue weighted by Gasteiger charge is 2.13. The quantitative estimate of drug-likeness (QED) is 0.102. The van der Waals surface area contributed by atoms with Crippen LogP contribution in [-0.2, 0) is 9.53 Å². The fraction of sp³-hybridized carbons (Fsp3) is 0.967. The van der Waals surface area contributed by atoms with Crippen LogP contribution in [0.2, 0.25) is 0 Å². The molecule has 0 amide bonds. The molecule has 2 atom stereocenters. The van der Waals surface area contributed by atoms with Gasteiger partial charge in [-0.25, -0.2) is 0 Å². The first-order valence-corrected chi connectivity index (χ1v) is 14.8. The fourth-order valence-corrected chi connectivity index (χ4v) is 4.55. The van der Waals surface area contributed by atoms with Crippen molar-refractivity contribution in [2.24, 2.45) is 11.8 Å². The number of unbranched alkanes of at least 4 members (excludes halogenated alkanes) is 16. The number of hydrogen-bond donors (Lipinski definition) is 0. The third kappa shape index (κ3) is 22.7. The van der Waals surface area contributed by atoms with Crippen molar-refractivity contribution in [3.8, 4) is 0 Å². The van der Waals surface area contributed by atoms with Crippen LogP contribution < -0.4 is 0 Å². The zero-order valence-electron chi connectivity index (χ0n) is 22.7. The molecule has 0 aromatic rings. The van der Waals surface area contributed by atoms with Crippen molar-refractivity contribution in [3.63, 3.8) is 0 Å². The second-order valence-corrected chi connectivity index (χ2v) is 10.6. The predicted octanol–water partition coefficient (Wildman–Crippen LogP) is 10.4. The van der Waals surface area contributed by atoms with E-state index in [-0.39, 0.29) is 11.9 Å². The van der Waals surface area contributed by atoms with Gasteiger partial charge in [-0.1, -0.05) is 156 Å². The maximum Gasteiger partial charge on any atom is 0.308 e. The second-order valence-electron chi connectivity index (χ2n) is 10.6. The van der Waals surface area contributed by atoms with Crippen molar-refractivity contribution in [2.75, 3.05) is 6.61 Å². The van der Waals surface area contributed by atoms with Gasteiger partial charge in [0.2, 0.25) is 0 Å². The Balaban J connectivity index is 3.34. The molecule has 2 nitrogen and oxygen atoms in total. The standard InChI is InChI=1S/C30H60O2/c1-5-7-9-10-11-12-13-14-15-16-17-18-19-23-27-32-30(31)29(4)26-22-20-21-25-28(3)24-8-6-2/h28-29H,5-27H2,1-4H3. The van der Waals surface area contributed by atoms with E-state index >= 15 is 0 Å². The van der Waals surface area contributed by atoms with Crippen molar-refractivity contribution in [2.45, 2.75) is 169 Å². The highest BCUT2D eigenvalue weighted by molar-refractivity contribution is 5.71. The van der Waals surface area contributed by atoms with Gasteiger partial charge in [0.15, 0.2) is 0 Å². The average Bonchev–Trinajstić information content (AvgIpc) is 2.79. The first-order valence-electron chi connectivity index (χ1n) is 14.8. The summed E-state index contributed by atoms with van der Waals surface area (Å²) in [5.74, 6) is 0.956. The van der Waals surface area contributed by atoms with Gasteiger partial charge in [-0.2, -0.15) is 0 Å². The highest BCUT2D eigenvalue weighted by atomic mass is 16.5. The molecule has 0 N–H and O–H groups in total. The monoisotopic (exact) mass is 452 g/mol. The second kappa shape index (κ2) is 25.1. The molecule has 0 aliphatic carbocycles. The molecule has 0 bridgehead atoms. The third-order valence-corrected chi connectivity index (χ3v) is 7.03. The largest absolute Gasteiger partial charge is 0.465 e. The molecule has 0 aliphatic heterocycles. The van der Waals surface area contributed by atoms with E-state index in [0.717, 1.165) is 25.2 Å². The summed E-state index contributed by atoms with van der Waals surface area (Å²) in [5.41, 5.74) is 0. The molecule has 0 radical (unpaired) electrons. The van der Waals surface area contributed by atoms with E-state index in [2.05, 4.69) is 20.8 Å². The number of esters is 1. The molecular formula is C30H60O2. The summed E-state index contributed by atoms with van der Waals surface area (Å²) in [4.78, 5) is 12.1. The lowest BCUT2D eigenvalue weighted by molar-refractivity contribution is -0.148. The highest BCUT2D eigenvalue weighted by Crippen LogP contribution is 2.18. The number of ether oxygens (including phenoxy) is 1. The SMILES string of the molecule is CCCCCCCCCCCCCCCCOC(=O)C(C)CCCCCC(C)CCCC. The van der Waals surface area contributed by atoms with E-state index in [0.29, 0.717) is 6.61 Å². The molecule has 2 heteroatoms. The zero-order chi connectivity index (χ0) is 23.7. The van der Waals surface area contributed by atoms with Crippen LogP contribution in [0.4, 0.5) is 0 Å². The Hall–Kier alpha value is -0.530. The number of rotatable bonds is 25. The third-order valence-electron chi connectivity index (χ3n) is 7.03. The summed E-state index contributed by atoms with van der Waals surface area (Å²) in [5, 5.41) is 0. The Bertz CT molecular complexity index is 379. The number of carbonyl (C=O) groups excluding carboxylic acids is 1. The van der Waals surface area contributed by atoms with Gasteiger partial charge in [0, 0.05) is 0 Å². The van der Waals surface area contributed by atoms with Gasteiger partial charge in [-0.3, -0.25) is 4.79 Å². The van der Waals surface area contributed by atoms with Crippen LogP contribution in [0, 0.1) is 11.8 Å². The molecule has 0 spiro atoms. The van der Waals surface area contributed by atoms with Crippen LogP contribution in [0.5, 0.6) is 0 Å². The molecule has 0 heterocycles. The number of carbonyl (C=O) groups is 1. The summed E-state index contributed by atoms with van der Waals surface area (Å²) in [7, 11) is 0. The first-order chi connectivity index (χ1) is 15.6. The fourth-order valence-electron chi connectivity index (χ4n) is 4.55. The van der Waals surface area contributed by atoms with Gasteiger partial charge in [0.05, 0.1) is 12.5 Å². The minimum atomic E-state index is 0.0241. The first kappa shape index (κ1) is 31.5. The molecular weight excluding hydrogens is 392 g/mol. The van der Waals surface area contributed by atoms with Crippen LogP contribution in [0.25, 0.3) is 0 Å². The Morgan fingerprint density at radius 3 is 1.47 bits per heavy atom. The van der Waals surface area contributed by atoms with Crippen LogP contribution in [0.3, 0.4) is 0 Å². The van der Waals surface area contributed by atoms with Crippen molar-refractivity contribution in [1.82, 2.24) is 0 Å². The van der Waals surface area contributed by atoms with Crippen molar-refractivity contribution in [3.05, 3.63) is 0 Å². The Kier molecular flexibility index (Phi) is 24.7. The van der Waals surface area contributed by atoms with Crippen LogP contribution in [0.15, 0.2) is 0 Å². The van der Waals surface area contributed by atoms with Crippen molar-refractivity contribution < 1.29 is 9.53 Å². The normalized spacial score (nSPS) is 13.2. The van der Waals surface area contributed by atoms with E-state index in [1.54, 1.807) is 0 Å². The predicted molar refractivity (Wildman–Crippen MR) is 142 cm³/mol. The zero-order valence-corrected chi connectivity index (χ0v) is 22.7. The van der Waals surface area contributed by atoms with Gasteiger partial charge in [0.1, 0.15) is 0 Å². The maximum absolute atomic E-state index is 12.1. The molecule has 0 aromatic carbocycles. The lowest BCUT2D eigenvalue weighted by Gasteiger charge is -2.12. The lowest BCUT2D eigenvalue weighted by Crippen LogP contribution is -2.15. The summed E-state index contributed by atoms with van der Waals surface area (Å²) in [6.07, 6.45) is 29.1. The minimum absolute atomic E-state index is 0.0241. The molecule has 0 saturated heterocycles. The van der Waals surface area contributed by atoms with Crippen LogP contribution in [0.1, 0.15) is 169 Å². The summed E-state index contributed by atoms with van der Waals surface area (Å²) < 4.78 is 5.51. The molecule has 0 aromatic heterocycles. The van der Waals surface area contributed by atoms with E-state index in [1.807, 2.05) is 6.92 Å². The van der Waals surface area contributed by atoms with Crippen molar-refractivity contribution >= 4 is 5.97 Å². The van der Waals surface area contributed by atoms with Crippen molar-refractivity contribution in [1.29, 1.82) is 0 Å². The van der Waals surface area contributed by atoms with E-state index < -0.39 is 0 Å². The molecule has 0 saturated carbocycles. The van der Waals surface area contributed by atoms with Gasteiger partial charge < -0.3 is 4.74 Å². The summed E-state index contributed by atoms with van der Waals surface area (Å²) in [6, 6.07) is 0. The Morgan fingerprint density at radius 1 is 0.531 bits per heavy atom. The van der Waals surface area contributed by atoms with E-state index in [9.17, 15) is 4.79 Å². The maximum atomic E-state index is 12.1. The molecule has 0 aliphatic rings. The summed E-state index contributed by atoms with van der Waals surface area (Å²) >= 11 is 0. The Labute approximate surface area is 203 Å². The molecule has 2 unspecified atom stereocenters. The summed E-state index contributed by atoms with van der Waals surface area (Å²) in [6.45, 7) is 9.60. The van der Waals surface area contributed by atoms with Gasteiger partial charge in [-0.05, 0) is 18.8 Å². The van der Waals surface area contributed by atoms with Crippen LogP contribution >= 0.6 is 0 Å². The molecule has 0 rings (SSSR count). The lowest BCUT2D eigenvalue weighted by atomic mass is 9.96. The van der Waals surface area contributed by atoms with E-state index in [1.165, 1.54) is 122 Å². The van der Waals surface area contributed by atoms with Gasteiger partial charge >= 0.3 is 5.97 Å². The molecule has 0 fully saturated rings. The smallest absolute Gasteiger partial charge is 0.308 e. The molecule has 32 heavy (non-hydrogen) atoms. The van der Waals surface area contributed by atoms with Gasteiger partial charge in [-0.15, -0.1) is 0 Å². The number of hydrogen-bond acceptors (Lipinski definition) is 2. The minimum Gasteiger partial charge on any atom is -0.465 e. The topological polar surface area (TPSA) is 26.3 Å². The molecule has 192 valence electrons. The van der Waals surface area contributed by atoms with E-state index in [4.69, 9.17) is 4.74 Å². The van der Waals surface area contributed by atoms with Crippen LogP contribution in [-0.4, -0.2) is 12.6 Å². The Morgan fingerprint density at radius 2 is 0.938 bits per heavy atom. The van der Waals surface area contributed by atoms with Gasteiger partial charge in [0.25, 0.3) is 0 Å².